The van der Waals surface area contributed by atoms with Crippen LogP contribution in [0.1, 0.15) is 0 Å². The Balaban J connectivity index is 1.85. The summed E-state index contributed by atoms with van der Waals surface area (Å²) in [6, 6.07) is 9.44. The molecular weight excluding hydrogens is 256 g/mol. The lowest BCUT2D eigenvalue weighted by atomic mass is 10.3. The molecule has 0 atom stereocenters. The average Bonchev–Trinajstić information content (AvgIpc) is 2.51. The first-order valence-electron chi connectivity index (χ1n) is 6.50. The van der Waals surface area contributed by atoms with Crippen molar-refractivity contribution in [2.45, 2.75) is 0 Å². The van der Waals surface area contributed by atoms with Crippen LogP contribution in [0.15, 0.2) is 36.7 Å². The second kappa shape index (κ2) is 5.75. The Morgan fingerprint density at radius 1 is 1.10 bits per heavy atom. The topological polar surface area (TPSA) is 73.5 Å². The van der Waals surface area contributed by atoms with Gasteiger partial charge >= 0.3 is 0 Å². The van der Waals surface area contributed by atoms with E-state index in [9.17, 15) is 0 Å². The summed E-state index contributed by atoms with van der Waals surface area (Å²) in [4.78, 5) is 10.5. The number of para-hydroxylation sites is 1. The van der Waals surface area contributed by atoms with Crippen LogP contribution in [0.5, 0.6) is 11.6 Å². The molecule has 1 aromatic carbocycles. The summed E-state index contributed by atoms with van der Waals surface area (Å²) < 4.78 is 11.0. The van der Waals surface area contributed by atoms with E-state index in [2.05, 4.69) is 14.9 Å². The van der Waals surface area contributed by atoms with Gasteiger partial charge in [-0.05, 0) is 12.1 Å². The van der Waals surface area contributed by atoms with Crippen LogP contribution in [0.3, 0.4) is 0 Å². The van der Waals surface area contributed by atoms with E-state index >= 15 is 0 Å². The molecule has 2 aromatic rings. The Bertz CT molecular complexity index is 571. The number of nitrogens with two attached hydrogens (primary N) is 1. The zero-order chi connectivity index (χ0) is 13.8. The second-order valence-electron chi connectivity index (χ2n) is 4.43. The van der Waals surface area contributed by atoms with Gasteiger partial charge in [-0.3, -0.25) is 0 Å². The highest BCUT2D eigenvalue weighted by atomic mass is 16.5. The Morgan fingerprint density at radius 3 is 2.60 bits per heavy atom. The normalized spacial score (nSPS) is 15.1. The summed E-state index contributed by atoms with van der Waals surface area (Å²) >= 11 is 0. The molecule has 2 N–H and O–H groups in total. The van der Waals surface area contributed by atoms with Gasteiger partial charge in [-0.15, -0.1) is 0 Å². The lowest BCUT2D eigenvalue weighted by Crippen LogP contribution is -2.37. The molecule has 0 spiro atoms. The fourth-order valence-electron chi connectivity index (χ4n) is 2.08. The van der Waals surface area contributed by atoms with Gasteiger partial charge in [0.15, 0.2) is 5.82 Å². The molecule has 1 aliphatic rings. The van der Waals surface area contributed by atoms with Crippen molar-refractivity contribution in [3.8, 4) is 11.6 Å². The van der Waals surface area contributed by atoms with Crippen molar-refractivity contribution >= 4 is 11.5 Å². The molecule has 6 heteroatoms. The zero-order valence-corrected chi connectivity index (χ0v) is 11.0. The van der Waals surface area contributed by atoms with Crippen molar-refractivity contribution in [1.29, 1.82) is 0 Å². The van der Waals surface area contributed by atoms with Gasteiger partial charge in [0.05, 0.1) is 13.2 Å². The smallest absolute Gasteiger partial charge is 0.248 e. The lowest BCUT2D eigenvalue weighted by Gasteiger charge is -2.28. The number of hydrogen-bond acceptors (Lipinski definition) is 6. The summed E-state index contributed by atoms with van der Waals surface area (Å²) in [7, 11) is 0. The van der Waals surface area contributed by atoms with Gasteiger partial charge < -0.3 is 20.1 Å². The fourth-order valence-corrected chi connectivity index (χ4v) is 2.08. The largest absolute Gasteiger partial charge is 0.437 e. The molecule has 1 aliphatic heterocycles. The van der Waals surface area contributed by atoms with Crippen LogP contribution in [-0.4, -0.2) is 36.3 Å². The molecule has 1 aromatic heterocycles. The van der Waals surface area contributed by atoms with Crippen LogP contribution in [0.2, 0.25) is 0 Å². The molecule has 0 bridgehead atoms. The second-order valence-corrected chi connectivity index (χ2v) is 4.43. The number of rotatable bonds is 3. The van der Waals surface area contributed by atoms with Crippen molar-refractivity contribution in [3.05, 3.63) is 36.7 Å². The molecule has 2 heterocycles. The first kappa shape index (κ1) is 12.7. The van der Waals surface area contributed by atoms with Gasteiger partial charge in [-0.2, -0.15) is 4.98 Å². The van der Waals surface area contributed by atoms with Crippen molar-refractivity contribution < 1.29 is 9.47 Å². The van der Waals surface area contributed by atoms with E-state index < -0.39 is 0 Å². The number of benzene rings is 1. The zero-order valence-electron chi connectivity index (χ0n) is 11.0. The van der Waals surface area contributed by atoms with Crippen LogP contribution < -0.4 is 15.4 Å². The number of nitrogen functional groups attached to an aromatic ring is 1. The number of morpholine rings is 1. The molecule has 0 saturated carbocycles. The molecular formula is C14H16N4O2. The molecule has 1 fully saturated rings. The Labute approximate surface area is 117 Å². The third-order valence-corrected chi connectivity index (χ3v) is 3.09. The minimum absolute atomic E-state index is 0.382. The number of aromatic nitrogens is 2. The summed E-state index contributed by atoms with van der Waals surface area (Å²) in [6.45, 7) is 2.90. The molecule has 6 nitrogen and oxygen atoms in total. The van der Waals surface area contributed by atoms with Gasteiger partial charge in [0.25, 0.3) is 0 Å². The van der Waals surface area contributed by atoms with Gasteiger partial charge in [0.1, 0.15) is 17.8 Å². The van der Waals surface area contributed by atoms with Crippen LogP contribution in [0, 0.1) is 0 Å². The number of hydrogen-bond donors (Lipinski definition) is 1. The van der Waals surface area contributed by atoms with Crippen LogP contribution >= 0.6 is 0 Å². The maximum Gasteiger partial charge on any atom is 0.248 e. The van der Waals surface area contributed by atoms with Gasteiger partial charge in [-0.1, -0.05) is 18.2 Å². The molecule has 0 aliphatic carbocycles. The quantitative estimate of drug-likeness (QED) is 0.916. The van der Waals surface area contributed by atoms with E-state index in [0.29, 0.717) is 36.3 Å². The van der Waals surface area contributed by atoms with Crippen LogP contribution in [0.25, 0.3) is 0 Å². The first-order valence-corrected chi connectivity index (χ1v) is 6.50. The maximum atomic E-state index is 6.13. The van der Waals surface area contributed by atoms with Crippen molar-refractivity contribution in [2.24, 2.45) is 0 Å². The highest BCUT2D eigenvalue weighted by Gasteiger charge is 2.18. The highest BCUT2D eigenvalue weighted by Crippen LogP contribution is 2.31. The van der Waals surface area contributed by atoms with E-state index in [1.165, 1.54) is 6.33 Å². The van der Waals surface area contributed by atoms with Crippen molar-refractivity contribution in [1.82, 2.24) is 9.97 Å². The molecule has 0 amide bonds. The maximum absolute atomic E-state index is 6.13. The molecule has 104 valence electrons. The number of nitrogens with zero attached hydrogens (tertiary/aromatic N) is 3. The third-order valence-electron chi connectivity index (χ3n) is 3.09. The number of anilines is 2. The summed E-state index contributed by atoms with van der Waals surface area (Å²) in [6.07, 6.45) is 1.47. The Morgan fingerprint density at radius 2 is 1.85 bits per heavy atom. The molecule has 1 saturated heterocycles. The fraction of sp³-hybridized carbons (Fsp3) is 0.286. The summed E-state index contributed by atoms with van der Waals surface area (Å²) in [5.41, 5.74) is 6.59. The van der Waals surface area contributed by atoms with Gasteiger partial charge in [-0.25, -0.2) is 4.98 Å². The predicted molar refractivity (Wildman–Crippen MR) is 76.0 cm³/mol. The molecule has 20 heavy (non-hydrogen) atoms. The predicted octanol–water partition coefficient (Wildman–Crippen LogP) is 1.69. The SMILES string of the molecule is Nc1c(Oc2ccccc2)ncnc1N1CCOCC1. The lowest BCUT2D eigenvalue weighted by molar-refractivity contribution is 0.122. The van der Waals surface area contributed by atoms with E-state index in [1.807, 2.05) is 30.3 Å². The van der Waals surface area contributed by atoms with E-state index in [4.69, 9.17) is 15.2 Å². The monoisotopic (exact) mass is 272 g/mol. The highest BCUT2D eigenvalue weighted by molar-refractivity contribution is 5.68. The summed E-state index contributed by atoms with van der Waals surface area (Å²) in [5, 5.41) is 0. The Hall–Kier alpha value is -2.34. The van der Waals surface area contributed by atoms with Crippen LogP contribution in [0.4, 0.5) is 11.5 Å². The van der Waals surface area contributed by atoms with Crippen LogP contribution in [-0.2, 0) is 4.74 Å². The minimum Gasteiger partial charge on any atom is -0.437 e. The van der Waals surface area contributed by atoms with E-state index in [1.54, 1.807) is 0 Å². The molecule has 0 unspecified atom stereocenters. The standard InChI is InChI=1S/C14H16N4O2/c15-12-13(18-6-8-19-9-7-18)16-10-17-14(12)20-11-4-2-1-3-5-11/h1-5,10H,6-9,15H2. The summed E-state index contributed by atoms with van der Waals surface area (Å²) in [5.74, 6) is 1.78. The van der Waals surface area contributed by atoms with Gasteiger partial charge in [0.2, 0.25) is 5.88 Å². The van der Waals surface area contributed by atoms with Crippen molar-refractivity contribution in [3.63, 3.8) is 0 Å². The third kappa shape index (κ3) is 2.65. The Kier molecular flexibility index (Phi) is 3.64. The average molecular weight is 272 g/mol. The van der Waals surface area contributed by atoms with E-state index in [-0.39, 0.29) is 0 Å². The molecule has 3 rings (SSSR count). The van der Waals surface area contributed by atoms with Crippen molar-refractivity contribution in [2.75, 3.05) is 36.9 Å². The van der Waals surface area contributed by atoms with E-state index in [0.717, 1.165) is 13.1 Å². The number of ether oxygens (including phenoxy) is 2. The first-order chi connectivity index (χ1) is 9.84. The molecule has 0 radical (unpaired) electrons. The van der Waals surface area contributed by atoms with Gasteiger partial charge in [0, 0.05) is 13.1 Å². The minimum atomic E-state index is 0.382.